The van der Waals surface area contributed by atoms with Gasteiger partial charge in [-0.05, 0) is 31.4 Å². The van der Waals surface area contributed by atoms with Crippen molar-refractivity contribution in [3.8, 4) is 0 Å². The van der Waals surface area contributed by atoms with E-state index < -0.39 is 10.0 Å². The smallest absolute Gasteiger partial charge is 0.236 e. The summed E-state index contributed by atoms with van der Waals surface area (Å²) < 4.78 is 25.8. The van der Waals surface area contributed by atoms with E-state index in [9.17, 15) is 8.42 Å². The van der Waals surface area contributed by atoms with Crippen LogP contribution in [0.5, 0.6) is 0 Å². The van der Waals surface area contributed by atoms with E-state index >= 15 is 0 Å². The highest BCUT2D eigenvalue weighted by Crippen LogP contribution is 2.33. The van der Waals surface area contributed by atoms with Crippen LogP contribution in [0.3, 0.4) is 0 Å². The van der Waals surface area contributed by atoms with Crippen LogP contribution in [0.1, 0.15) is 26.2 Å². The number of hydrogen-bond donors (Lipinski definition) is 1. The molecule has 0 amide bonds. The largest absolute Gasteiger partial charge is 0.397 e. The third-order valence-electron chi connectivity index (χ3n) is 2.64. The molecule has 0 bridgehead atoms. The molecule has 17 heavy (non-hydrogen) atoms. The standard InChI is InChI=1S/C11H17N3O2S/c1-2-7-17(15,16)14(10-4-5-10)11-6-3-9(12)8-13-11/h3,6,8,10H,2,4-5,7,12H2,1H3. The number of sulfonamides is 1. The van der Waals surface area contributed by atoms with Crippen molar-refractivity contribution in [1.29, 1.82) is 0 Å². The molecule has 1 aliphatic rings. The first-order chi connectivity index (χ1) is 8.04. The van der Waals surface area contributed by atoms with Gasteiger partial charge in [0.2, 0.25) is 10.0 Å². The molecule has 0 unspecified atom stereocenters. The Labute approximate surface area is 102 Å². The Balaban J connectivity index is 2.32. The van der Waals surface area contributed by atoms with Gasteiger partial charge in [-0.25, -0.2) is 13.4 Å². The van der Waals surface area contributed by atoms with Crippen LogP contribution in [-0.2, 0) is 10.0 Å². The topological polar surface area (TPSA) is 76.3 Å². The molecule has 2 N–H and O–H groups in total. The monoisotopic (exact) mass is 255 g/mol. The van der Waals surface area contributed by atoms with E-state index in [1.165, 1.54) is 10.5 Å². The van der Waals surface area contributed by atoms with E-state index in [0.29, 0.717) is 17.9 Å². The van der Waals surface area contributed by atoms with Crippen molar-refractivity contribution < 1.29 is 8.42 Å². The molecular weight excluding hydrogens is 238 g/mol. The van der Waals surface area contributed by atoms with Gasteiger partial charge < -0.3 is 5.73 Å². The molecule has 0 aliphatic heterocycles. The average molecular weight is 255 g/mol. The molecule has 1 aliphatic carbocycles. The van der Waals surface area contributed by atoms with Gasteiger partial charge in [0.1, 0.15) is 5.82 Å². The van der Waals surface area contributed by atoms with Gasteiger partial charge in [-0.15, -0.1) is 0 Å². The summed E-state index contributed by atoms with van der Waals surface area (Å²) in [6.45, 7) is 1.86. The molecule has 0 spiro atoms. The molecule has 1 aromatic rings. The van der Waals surface area contributed by atoms with Crippen molar-refractivity contribution in [3.63, 3.8) is 0 Å². The summed E-state index contributed by atoms with van der Waals surface area (Å²) in [7, 11) is -3.25. The van der Waals surface area contributed by atoms with Crippen LogP contribution in [0.4, 0.5) is 11.5 Å². The highest BCUT2D eigenvalue weighted by Gasteiger charge is 2.37. The zero-order chi connectivity index (χ0) is 12.5. The Hall–Kier alpha value is -1.30. The van der Waals surface area contributed by atoms with E-state index in [4.69, 9.17) is 5.73 Å². The van der Waals surface area contributed by atoms with Crippen LogP contribution in [0.2, 0.25) is 0 Å². The fraction of sp³-hybridized carbons (Fsp3) is 0.545. The van der Waals surface area contributed by atoms with Crippen LogP contribution >= 0.6 is 0 Å². The van der Waals surface area contributed by atoms with E-state index in [-0.39, 0.29) is 11.8 Å². The zero-order valence-electron chi connectivity index (χ0n) is 9.83. The van der Waals surface area contributed by atoms with Crippen molar-refractivity contribution in [1.82, 2.24) is 4.98 Å². The Kier molecular flexibility index (Phi) is 3.24. The highest BCUT2D eigenvalue weighted by atomic mass is 32.2. The molecule has 5 nitrogen and oxygen atoms in total. The van der Waals surface area contributed by atoms with Crippen LogP contribution in [-0.4, -0.2) is 25.2 Å². The molecular formula is C11H17N3O2S. The molecule has 1 aromatic heterocycles. The number of nitrogen functional groups attached to an aromatic ring is 1. The predicted octanol–water partition coefficient (Wildman–Crippen LogP) is 1.37. The number of pyridine rings is 1. The van der Waals surface area contributed by atoms with Crippen molar-refractivity contribution in [2.45, 2.75) is 32.2 Å². The molecule has 0 radical (unpaired) electrons. The van der Waals surface area contributed by atoms with Gasteiger partial charge in [-0.2, -0.15) is 0 Å². The predicted molar refractivity (Wildman–Crippen MR) is 68.2 cm³/mol. The third kappa shape index (κ3) is 2.69. The van der Waals surface area contributed by atoms with Gasteiger partial charge in [0.25, 0.3) is 0 Å². The van der Waals surface area contributed by atoms with E-state index in [2.05, 4.69) is 4.98 Å². The molecule has 0 atom stereocenters. The maximum Gasteiger partial charge on any atom is 0.236 e. The van der Waals surface area contributed by atoms with E-state index in [0.717, 1.165) is 12.8 Å². The quantitative estimate of drug-likeness (QED) is 0.862. The first-order valence-corrected chi connectivity index (χ1v) is 7.39. The maximum absolute atomic E-state index is 12.2. The number of hydrogen-bond acceptors (Lipinski definition) is 4. The lowest BCUT2D eigenvalue weighted by molar-refractivity contribution is 0.588. The van der Waals surface area contributed by atoms with Gasteiger partial charge in [-0.1, -0.05) is 6.92 Å². The summed E-state index contributed by atoms with van der Waals surface area (Å²) in [5, 5.41) is 0. The second kappa shape index (κ2) is 4.52. The summed E-state index contributed by atoms with van der Waals surface area (Å²) in [5.41, 5.74) is 6.10. The number of rotatable bonds is 5. The third-order valence-corrected chi connectivity index (χ3v) is 4.65. The summed E-state index contributed by atoms with van der Waals surface area (Å²) in [6.07, 6.45) is 3.93. The van der Waals surface area contributed by atoms with Crippen molar-refractivity contribution in [3.05, 3.63) is 18.3 Å². The van der Waals surface area contributed by atoms with Gasteiger partial charge in [0.15, 0.2) is 0 Å². The molecule has 1 heterocycles. The minimum Gasteiger partial charge on any atom is -0.397 e. The molecule has 2 rings (SSSR count). The molecule has 1 fully saturated rings. The average Bonchev–Trinajstić information content (AvgIpc) is 3.05. The van der Waals surface area contributed by atoms with Gasteiger partial charge in [-0.3, -0.25) is 4.31 Å². The lowest BCUT2D eigenvalue weighted by Gasteiger charge is -2.22. The first kappa shape index (κ1) is 12.2. The van der Waals surface area contributed by atoms with Crippen molar-refractivity contribution in [2.24, 2.45) is 0 Å². The van der Waals surface area contributed by atoms with Crippen LogP contribution < -0.4 is 10.0 Å². The van der Waals surface area contributed by atoms with Gasteiger partial charge in [0.05, 0.1) is 17.6 Å². The Morgan fingerprint density at radius 3 is 2.65 bits per heavy atom. The van der Waals surface area contributed by atoms with E-state index in [1.807, 2.05) is 6.92 Å². The Morgan fingerprint density at radius 1 is 1.47 bits per heavy atom. The summed E-state index contributed by atoms with van der Waals surface area (Å²) in [5.74, 6) is 0.644. The van der Waals surface area contributed by atoms with Crippen LogP contribution in [0, 0.1) is 0 Å². The number of aromatic nitrogens is 1. The van der Waals surface area contributed by atoms with Crippen molar-refractivity contribution >= 4 is 21.5 Å². The van der Waals surface area contributed by atoms with Crippen LogP contribution in [0.15, 0.2) is 18.3 Å². The molecule has 0 aromatic carbocycles. The molecule has 6 heteroatoms. The summed E-state index contributed by atoms with van der Waals surface area (Å²) >= 11 is 0. The van der Waals surface area contributed by atoms with Gasteiger partial charge in [0, 0.05) is 6.04 Å². The maximum atomic E-state index is 12.2. The van der Waals surface area contributed by atoms with Gasteiger partial charge >= 0.3 is 0 Å². The number of anilines is 2. The molecule has 1 saturated carbocycles. The lowest BCUT2D eigenvalue weighted by atomic mass is 10.4. The van der Waals surface area contributed by atoms with E-state index in [1.54, 1.807) is 12.1 Å². The fourth-order valence-corrected chi connectivity index (χ4v) is 3.52. The Bertz CT molecular complexity index is 480. The summed E-state index contributed by atoms with van der Waals surface area (Å²) in [6, 6.07) is 3.43. The van der Waals surface area contributed by atoms with Crippen LogP contribution in [0.25, 0.3) is 0 Å². The minimum atomic E-state index is -3.25. The SMILES string of the molecule is CCCS(=O)(=O)N(c1ccc(N)cn1)C1CC1. The number of nitrogens with two attached hydrogens (primary N) is 1. The Morgan fingerprint density at radius 2 is 2.18 bits per heavy atom. The minimum absolute atomic E-state index is 0.0858. The van der Waals surface area contributed by atoms with Crippen molar-refractivity contribution in [2.75, 3.05) is 15.8 Å². The lowest BCUT2D eigenvalue weighted by Crippen LogP contribution is -2.35. The normalized spacial score (nSPS) is 15.8. The molecule has 0 saturated heterocycles. The second-order valence-electron chi connectivity index (χ2n) is 4.29. The number of nitrogens with zero attached hydrogens (tertiary/aromatic N) is 2. The highest BCUT2D eigenvalue weighted by molar-refractivity contribution is 7.92. The molecule has 94 valence electrons. The second-order valence-corrected chi connectivity index (χ2v) is 6.26. The fourth-order valence-electron chi connectivity index (χ4n) is 1.75. The first-order valence-electron chi connectivity index (χ1n) is 5.78. The summed E-state index contributed by atoms with van der Waals surface area (Å²) in [4.78, 5) is 4.11. The zero-order valence-corrected chi connectivity index (χ0v) is 10.7.